The molecule has 2 aromatic carbocycles. The van der Waals surface area contributed by atoms with Crippen molar-refractivity contribution in [3.63, 3.8) is 0 Å². The molecule has 178 valence electrons. The Bertz CT molecular complexity index is 1020. The Labute approximate surface area is 184 Å². The molecule has 0 amide bonds. The summed E-state index contributed by atoms with van der Waals surface area (Å²) >= 11 is 0. The van der Waals surface area contributed by atoms with Crippen molar-refractivity contribution >= 4 is 11.9 Å². The fraction of sp³-hybridized carbons (Fsp3) is 0.300. The zero-order valence-electron chi connectivity index (χ0n) is 16.7. The molecule has 2 aromatic rings. The number of esters is 2. The van der Waals surface area contributed by atoms with Gasteiger partial charge in [0.2, 0.25) is 0 Å². The van der Waals surface area contributed by atoms with E-state index in [0.717, 1.165) is 24.3 Å². The first-order valence-electron chi connectivity index (χ1n) is 9.35. The average Bonchev–Trinajstić information content (AvgIpc) is 2.77. The summed E-state index contributed by atoms with van der Waals surface area (Å²) in [5.74, 6) is -7.33. The summed E-state index contributed by atoms with van der Waals surface area (Å²) in [5, 5.41) is 76.9. The van der Waals surface area contributed by atoms with E-state index < -0.39 is 89.6 Å². The van der Waals surface area contributed by atoms with Crippen LogP contribution in [0.15, 0.2) is 24.3 Å². The number of hydrogen-bond donors (Lipinski definition) is 8. The minimum Gasteiger partial charge on any atom is -0.504 e. The van der Waals surface area contributed by atoms with E-state index in [-0.39, 0.29) is 5.56 Å². The van der Waals surface area contributed by atoms with Crippen molar-refractivity contribution < 1.29 is 64.7 Å². The number of aliphatic hydroxyl groups is 2. The molecule has 1 fully saturated rings. The third kappa shape index (κ3) is 4.79. The molecule has 1 saturated heterocycles. The Hall–Kier alpha value is -3.94. The number of aliphatic hydroxyl groups excluding tert-OH is 2. The van der Waals surface area contributed by atoms with E-state index in [1.165, 1.54) is 0 Å². The molecule has 0 bridgehead atoms. The molecule has 8 N–H and O–H groups in total. The molecule has 13 nitrogen and oxygen atoms in total. The first-order chi connectivity index (χ1) is 15.5. The van der Waals surface area contributed by atoms with Gasteiger partial charge in [-0.3, -0.25) is 0 Å². The molecule has 13 heteroatoms. The van der Waals surface area contributed by atoms with Gasteiger partial charge in [0, 0.05) is 0 Å². The lowest BCUT2D eigenvalue weighted by molar-refractivity contribution is -0.196. The molecule has 0 saturated carbocycles. The minimum absolute atomic E-state index is 0.389. The van der Waals surface area contributed by atoms with Crippen LogP contribution in [-0.4, -0.2) is 90.4 Å². The van der Waals surface area contributed by atoms with Gasteiger partial charge >= 0.3 is 11.9 Å². The van der Waals surface area contributed by atoms with Crippen LogP contribution in [0, 0.1) is 0 Å². The first kappa shape index (κ1) is 23.7. The van der Waals surface area contributed by atoms with E-state index in [2.05, 4.69) is 0 Å². The van der Waals surface area contributed by atoms with Crippen molar-refractivity contribution in [1.82, 2.24) is 0 Å². The molecule has 0 aromatic heterocycles. The number of benzene rings is 2. The monoisotopic (exact) mass is 468 g/mol. The molecule has 1 aliphatic heterocycles. The molecule has 0 unspecified atom stereocenters. The van der Waals surface area contributed by atoms with Gasteiger partial charge in [-0.2, -0.15) is 0 Å². The quantitative estimate of drug-likeness (QED) is 0.203. The zero-order valence-corrected chi connectivity index (χ0v) is 16.7. The Morgan fingerprint density at radius 2 is 1.24 bits per heavy atom. The van der Waals surface area contributed by atoms with Crippen LogP contribution in [0.5, 0.6) is 34.5 Å². The Kier molecular flexibility index (Phi) is 6.67. The summed E-state index contributed by atoms with van der Waals surface area (Å²) in [7, 11) is 0. The number of hydrogen-bond acceptors (Lipinski definition) is 13. The second-order valence-electron chi connectivity index (χ2n) is 7.08. The molecule has 0 aliphatic carbocycles. The fourth-order valence-electron chi connectivity index (χ4n) is 3.09. The summed E-state index contributed by atoms with van der Waals surface area (Å²) in [5.41, 5.74) is -0.805. The van der Waals surface area contributed by atoms with Crippen molar-refractivity contribution in [2.24, 2.45) is 0 Å². The van der Waals surface area contributed by atoms with Crippen LogP contribution in [0.1, 0.15) is 20.7 Å². The van der Waals surface area contributed by atoms with E-state index in [4.69, 9.17) is 14.2 Å². The smallest absolute Gasteiger partial charge is 0.338 e. The topological polar surface area (TPSA) is 224 Å². The zero-order chi connectivity index (χ0) is 24.4. The number of carbonyl (C=O) groups is 2. The van der Waals surface area contributed by atoms with Gasteiger partial charge in [-0.05, 0) is 24.3 Å². The lowest BCUT2D eigenvalue weighted by Crippen LogP contribution is -2.57. The molecular formula is C20H20O13. The summed E-state index contributed by atoms with van der Waals surface area (Å²) in [6, 6.07) is 3.18. The van der Waals surface area contributed by atoms with Crippen LogP contribution in [0.25, 0.3) is 0 Å². The van der Waals surface area contributed by atoms with Gasteiger partial charge in [0.1, 0.15) is 12.2 Å². The lowest BCUT2D eigenvalue weighted by Gasteiger charge is -2.38. The van der Waals surface area contributed by atoms with Crippen LogP contribution < -0.4 is 0 Å². The third-order valence-corrected chi connectivity index (χ3v) is 4.85. The Morgan fingerprint density at radius 3 is 1.67 bits per heavy atom. The van der Waals surface area contributed by atoms with Crippen molar-refractivity contribution in [1.29, 1.82) is 0 Å². The molecule has 4 atom stereocenters. The van der Waals surface area contributed by atoms with Crippen LogP contribution in [0.4, 0.5) is 0 Å². The standard InChI is InChI=1S/C20H20O13/c21-5-13-17(28)18(33-20(30)8-3-11(24)16(27)12(25)4-8)14(6-31-13)32-19(29)7-1-9(22)15(26)10(23)2-7/h1-4,13-14,17-18,21-28H,5-6H2/t13-,14+,17-,18-/m1/s1. The minimum atomic E-state index is -1.67. The number of aromatic hydroxyl groups is 6. The highest BCUT2D eigenvalue weighted by molar-refractivity contribution is 5.92. The Balaban J connectivity index is 1.84. The van der Waals surface area contributed by atoms with E-state index in [1.54, 1.807) is 0 Å². The maximum atomic E-state index is 12.5. The van der Waals surface area contributed by atoms with Crippen molar-refractivity contribution in [3.8, 4) is 34.5 Å². The van der Waals surface area contributed by atoms with Gasteiger partial charge in [0.25, 0.3) is 0 Å². The van der Waals surface area contributed by atoms with E-state index in [9.17, 15) is 50.4 Å². The van der Waals surface area contributed by atoms with Crippen LogP contribution in [0.3, 0.4) is 0 Å². The van der Waals surface area contributed by atoms with Crippen LogP contribution >= 0.6 is 0 Å². The maximum Gasteiger partial charge on any atom is 0.338 e. The van der Waals surface area contributed by atoms with Crippen LogP contribution in [0.2, 0.25) is 0 Å². The van der Waals surface area contributed by atoms with Crippen molar-refractivity contribution in [3.05, 3.63) is 35.4 Å². The Morgan fingerprint density at radius 1 is 0.818 bits per heavy atom. The molecule has 33 heavy (non-hydrogen) atoms. The highest BCUT2D eigenvalue weighted by Gasteiger charge is 2.44. The highest BCUT2D eigenvalue weighted by atomic mass is 16.6. The van der Waals surface area contributed by atoms with E-state index in [1.807, 2.05) is 0 Å². The van der Waals surface area contributed by atoms with Crippen LogP contribution in [-0.2, 0) is 14.2 Å². The second-order valence-corrected chi connectivity index (χ2v) is 7.08. The first-order valence-corrected chi connectivity index (χ1v) is 9.35. The number of phenols is 6. The predicted octanol–water partition coefficient (Wildman–Crippen LogP) is -0.577. The second kappa shape index (κ2) is 9.28. The summed E-state index contributed by atoms with van der Waals surface area (Å²) in [4.78, 5) is 25.0. The maximum absolute atomic E-state index is 12.5. The number of rotatable bonds is 5. The lowest BCUT2D eigenvalue weighted by atomic mass is 9.99. The molecule has 0 radical (unpaired) electrons. The van der Waals surface area contributed by atoms with Gasteiger partial charge in [0.05, 0.1) is 24.3 Å². The third-order valence-electron chi connectivity index (χ3n) is 4.85. The van der Waals surface area contributed by atoms with Crippen molar-refractivity contribution in [2.45, 2.75) is 24.4 Å². The van der Waals surface area contributed by atoms with Crippen molar-refractivity contribution in [2.75, 3.05) is 13.2 Å². The van der Waals surface area contributed by atoms with Gasteiger partial charge in [-0.15, -0.1) is 0 Å². The van der Waals surface area contributed by atoms with Gasteiger partial charge in [-0.1, -0.05) is 0 Å². The molecule has 0 spiro atoms. The fourth-order valence-corrected chi connectivity index (χ4v) is 3.09. The van der Waals surface area contributed by atoms with E-state index in [0.29, 0.717) is 0 Å². The normalized spacial score (nSPS) is 22.5. The average molecular weight is 468 g/mol. The summed E-state index contributed by atoms with van der Waals surface area (Å²) in [6.07, 6.45) is -5.91. The summed E-state index contributed by atoms with van der Waals surface area (Å²) < 4.78 is 15.6. The largest absolute Gasteiger partial charge is 0.504 e. The van der Waals surface area contributed by atoms with Gasteiger partial charge < -0.3 is 55.1 Å². The molecule has 3 rings (SSSR count). The van der Waals surface area contributed by atoms with Gasteiger partial charge in [0.15, 0.2) is 46.7 Å². The number of phenolic OH excluding ortho intramolecular Hbond substituents is 6. The molecule has 1 aliphatic rings. The van der Waals surface area contributed by atoms with E-state index >= 15 is 0 Å². The SMILES string of the molecule is O=C(O[C@H]1[C@H](O)[C@@H](CO)OC[C@@H]1OC(=O)c1cc(O)c(O)c(O)c1)c1cc(O)c(O)c(O)c1. The number of ether oxygens (including phenoxy) is 3. The predicted molar refractivity (Wildman–Crippen MR) is 104 cm³/mol. The molecular weight excluding hydrogens is 448 g/mol. The highest BCUT2D eigenvalue weighted by Crippen LogP contribution is 2.37. The molecule has 1 heterocycles. The number of carbonyl (C=O) groups excluding carboxylic acids is 2. The van der Waals surface area contributed by atoms with Gasteiger partial charge in [-0.25, -0.2) is 9.59 Å². The summed E-state index contributed by atoms with van der Waals surface area (Å²) in [6.45, 7) is -1.11.